The molecule has 14 heteroatoms. The fraction of sp³-hybridized carbons (Fsp3) is 0.450. The van der Waals surface area contributed by atoms with Gasteiger partial charge in [-0.2, -0.15) is 4.89 Å². The molecule has 2 aromatic heterocycles. The first kappa shape index (κ1) is 41.3. The Morgan fingerprint density at radius 2 is 1.07 bits per heavy atom. The number of rotatable bonds is 17. The maximum atomic E-state index is 13.2. The van der Waals surface area contributed by atoms with E-state index in [0.29, 0.717) is 11.6 Å². The maximum absolute atomic E-state index is 13.2. The molecule has 0 bridgehead atoms. The zero-order valence-corrected chi connectivity index (χ0v) is 32.8. The van der Waals surface area contributed by atoms with Gasteiger partial charge in [-0.25, -0.2) is 19.8 Å². The lowest BCUT2D eigenvalue weighted by molar-refractivity contribution is -0.188. The minimum Gasteiger partial charge on any atom is -0.453 e. The van der Waals surface area contributed by atoms with E-state index in [1.807, 2.05) is 79.7 Å². The molecule has 0 saturated carbocycles. The number of imidazole rings is 2. The number of carbonyl (C=O) groups excluding carboxylic acids is 3. The number of aliphatic imine (C=N–C) groups is 1. The standard InChI is InChI=1S/C40H54N8O6/c1-22(2)32(46-38(49)34(24(5)6)43-21-54-53-10)36-41-19-30(44-36)28-15-11-26(12-16-28)27-13-17-29(18-14-27)31-20-42-37(45-31)33(23(3)4)47-39(50)35(25(7)8)48-40(51)52-9/h11-25,32-35H,1-10H3,(H,41,44)(H,42,45)(H,46,49)(H,47,50)(H,48,51)/t32-,33-,34-,35-/m0/s1. The Morgan fingerprint density at radius 1 is 0.630 bits per heavy atom. The Labute approximate surface area is 317 Å². The normalized spacial score (nSPS) is 14.0. The number of alkyl carbamates (subject to hydrolysis) is 1. The Hall–Kier alpha value is -5.50. The van der Waals surface area contributed by atoms with Crippen molar-refractivity contribution in [2.45, 2.75) is 79.6 Å². The van der Waals surface area contributed by atoms with Crippen LogP contribution in [0.5, 0.6) is 0 Å². The molecule has 4 aromatic rings. The zero-order valence-electron chi connectivity index (χ0n) is 32.8. The molecule has 0 fully saturated rings. The van der Waals surface area contributed by atoms with Gasteiger partial charge in [0.05, 0.1) is 50.1 Å². The molecular formula is C40H54N8O6. The van der Waals surface area contributed by atoms with Crippen LogP contribution in [0.2, 0.25) is 0 Å². The van der Waals surface area contributed by atoms with Crippen LogP contribution in [0.25, 0.3) is 33.6 Å². The molecule has 4 atom stereocenters. The second-order valence-electron chi connectivity index (χ2n) is 14.5. The quantitative estimate of drug-likeness (QED) is 0.0340. The van der Waals surface area contributed by atoms with Crippen LogP contribution in [0.4, 0.5) is 4.79 Å². The number of hydrogen-bond donors (Lipinski definition) is 5. The van der Waals surface area contributed by atoms with E-state index < -0.39 is 24.2 Å². The van der Waals surface area contributed by atoms with Crippen molar-refractivity contribution >= 4 is 24.3 Å². The van der Waals surface area contributed by atoms with Crippen molar-refractivity contribution < 1.29 is 28.9 Å². The summed E-state index contributed by atoms with van der Waals surface area (Å²) in [5.41, 5.74) is 5.65. The van der Waals surface area contributed by atoms with Gasteiger partial charge in [0.2, 0.25) is 18.2 Å². The number of H-pyrrole nitrogens is 2. The minimum absolute atomic E-state index is 0.0278. The Balaban J connectivity index is 1.44. The lowest BCUT2D eigenvalue weighted by Crippen LogP contribution is -2.51. The molecule has 3 amide bonds. The summed E-state index contributed by atoms with van der Waals surface area (Å²) >= 11 is 0. The third kappa shape index (κ3) is 10.6. The van der Waals surface area contributed by atoms with Crippen molar-refractivity contribution in [3.8, 4) is 33.6 Å². The lowest BCUT2D eigenvalue weighted by atomic mass is 10.00. The molecular weight excluding hydrogens is 688 g/mol. The van der Waals surface area contributed by atoms with Crippen LogP contribution in [-0.4, -0.2) is 70.5 Å². The van der Waals surface area contributed by atoms with Crippen LogP contribution >= 0.6 is 0 Å². The first-order chi connectivity index (χ1) is 25.7. The molecule has 0 radical (unpaired) electrons. The van der Waals surface area contributed by atoms with Crippen molar-refractivity contribution in [3.05, 3.63) is 72.6 Å². The van der Waals surface area contributed by atoms with E-state index in [2.05, 4.69) is 70.0 Å². The number of ether oxygens (including phenoxy) is 1. The largest absolute Gasteiger partial charge is 0.453 e. The summed E-state index contributed by atoms with van der Waals surface area (Å²) in [5.74, 6) is 0.641. The van der Waals surface area contributed by atoms with E-state index in [1.165, 1.54) is 14.2 Å². The molecule has 0 saturated heterocycles. The Morgan fingerprint density at radius 3 is 1.46 bits per heavy atom. The number of nitrogens with zero attached hydrogens (tertiary/aromatic N) is 3. The fourth-order valence-electron chi connectivity index (χ4n) is 5.95. The first-order valence-corrected chi connectivity index (χ1v) is 18.2. The highest BCUT2D eigenvalue weighted by atomic mass is 17.2. The summed E-state index contributed by atoms with van der Waals surface area (Å²) in [6, 6.07) is 14.2. The Kier molecular flexibility index (Phi) is 14.5. The van der Waals surface area contributed by atoms with Crippen molar-refractivity contribution in [2.24, 2.45) is 28.7 Å². The number of carbonyl (C=O) groups is 3. The number of nitrogens with one attached hydrogen (secondary N) is 5. The topological polar surface area (TPSA) is 185 Å². The van der Waals surface area contributed by atoms with E-state index >= 15 is 0 Å². The van der Waals surface area contributed by atoms with Gasteiger partial charge in [0.25, 0.3) is 0 Å². The van der Waals surface area contributed by atoms with Gasteiger partial charge in [-0.05, 0) is 45.9 Å². The summed E-state index contributed by atoms with van der Waals surface area (Å²) in [6.45, 7) is 15.6. The van der Waals surface area contributed by atoms with E-state index in [1.54, 1.807) is 12.4 Å². The number of amides is 3. The van der Waals surface area contributed by atoms with E-state index in [0.717, 1.165) is 40.0 Å². The van der Waals surface area contributed by atoms with Crippen LogP contribution in [0.3, 0.4) is 0 Å². The van der Waals surface area contributed by atoms with Gasteiger partial charge in [-0.15, -0.1) is 0 Å². The second-order valence-corrected chi connectivity index (χ2v) is 14.5. The predicted octanol–water partition coefficient (Wildman–Crippen LogP) is 6.77. The SMILES string of the molecule is COOC=N[C@H](C(=O)N[C@H](c1ncc(-c2ccc(-c3ccc(-c4cnc([C@@H](NC(=O)[C@@H](NC(=O)OC)C(C)C)C(C)C)[nH]4)cc3)cc2)[nH]1)C(C)C)C(C)C. The predicted molar refractivity (Wildman–Crippen MR) is 208 cm³/mol. The highest BCUT2D eigenvalue weighted by Crippen LogP contribution is 2.29. The van der Waals surface area contributed by atoms with E-state index in [9.17, 15) is 14.4 Å². The molecule has 0 unspecified atom stereocenters. The molecule has 0 aliphatic heterocycles. The van der Waals surface area contributed by atoms with Gasteiger partial charge in [0.1, 0.15) is 23.7 Å². The monoisotopic (exact) mass is 742 g/mol. The molecule has 2 aromatic carbocycles. The maximum Gasteiger partial charge on any atom is 0.407 e. The highest BCUT2D eigenvalue weighted by molar-refractivity contribution is 5.86. The first-order valence-electron chi connectivity index (χ1n) is 18.2. The molecule has 2 heterocycles. The molecule has 54 heavy (non-hydrogen) atoms. The summed E-state index contributed by atoms with van der Waals surface area (Å²) in [7, 11) is 2.64. The van der Waals surface area contributed by atoms with Crippen LogP contribution in [0, 0.1) is 23.7 Å². The number of benzene rings is 2. The van der Waals surface area contributed by atoms with E-state index in [-0.39, 0.29) is 41.5 Å². The van der Waals surface area contributed by atoms with Crippen molar-refractivity contribution in [3.63, 3.8) is 0 Å². The lowest BCUT2D eigenvalue weighted by Gasteiger charge is -2.26. The van der Waals surface area contributed by atoms with E-state index in [4.69, 9.17) is 9.62 Å². The summed E-state index contributed by atoms with van der Waals surface area (Å²) in [4.78, 5) is 67.8. The fourth-order valence-corrected chi connectivity index (χ4v) is 5.95. The van der Waals surface area contributed by atoms with Crippen molar-refractivity contribution in [1.82, 2.24) is 35.9 Å². The average molecular weight is 743 g/mol. The zero-order chi connectivity index (χ0) is 39.5. The third-order valence-corrected chi connectivity index (χ3v) is 9.10. The number of methoxy groups -OCH3 is 1. The van der Waals surface area contributed by atoms with Gasteiger partial charge < -0.3 is 35.5 Å². The molecule has 0 aliphatic rings. The number of aromatic nitrogens is 4. The van der Waals surface area contributed by atoms with Gasteiger partial charge in [0, 0.05) is 0 Å². The van der Waals surface area contributed by atoms with Gasteiger partial charge in [-0.1, -0.05) is 104 Å². The van der Waals surface area contributed by atoms with Crippen LogP contribution in [0.15, 0.2) is 65.9 Å². The molecule has 4 rings (SSSR count). The average Bonchev–Trinajstić information content (AvgIpc) is 3.84. The summed E-state index contributed by atoms with van der Waals surface area (Å²) in [5, 5.41) is 8.78. The van der Waals surface area contributed by atoms with Gasteiger partial charge >= 0.3 is 6.09 Å². The number of aromatic amines is 2. The van der Waals surface area contributed by atoms with Crippen molar-refractivity contribution in [1.29, 1.82) is 0 Å². The highest BCUT2D eigenvalue weighted by Gasteiger charge is 2.30. The van der Waals surface area contributed by atoms with Gasteiger partial charge in [0.15, 0.2) is 0 Å². The molecule has 0 spiro atoms. The number of hydrogen-bond acceptors (Lipinski definition) is 9. The molecule has 14 nitrogen and oxygen atoms in total. The van der Waals surface area contributed by atoms with Gasteiger partial charge in [-0.3, -0.25) is 9.59 Å². The van der Waals surface area contributed by atoms with Crippen molar-refractivity contribution in [2.75, 3.05) is 14.2 Å². The molecule has 5 N–H and O–H groups in total. The van der Waals surface area contributed by atoms with Crippen LogP contribution < -0.4 is 16.0 Å². The second kappa shape index (κ2) is 19.0. The Bertz CT molecular complexity index is 1850. The minimum atomic E-state index is -0.755. The third-order valence-electron chi connectivity index (χ3n) is 9.10. The molecule has 0 aliphatic carbocycles. The smallest absolute Gasteiger partial charge is 0.407 e. The van der Waals surface area contributed by atoms with Crippen LogP contribution in [-0.2, 0) is 24.1 Å². The summed E-state index contributed by atoms with van der Waals surface area (Å²) in [6.07, 6.45) is 4.02. The summed E-state index contributed by atoms with van der Waals surface area (Å²) < 4.78 is 4.70. The van der Waals surface area contributed by atoms with Crippen LogP contribution in [0.1, 0.15) is 79.1 Å². The molecule has 290 valence electrons.